The SMILES string of the molecule is COc1cc(C)c(Cl)cc1CNCC(=O)O. The summed E-state index contributed by atoms with van der Waals surface area (Å²) in [7, 11) is 1.57. The van der Waals surface area contributed by atoms with Crippen molar-refractivity contribution in [1.29, 1.82) is 0 Å². The van der Waals surface area contributed by atoms with E-state index in [-0.39, 0.29) is 6.54 Å². The maximum Gasteiger partial charge on any atom is 0.317 e. The fourth-order valence-electron chi connectivity index (χ4n) is 1.33. The van der Waals surface area contributed by atoms with Gasteiger partial charge in [0.15, 0.2) is 0 Å². The van der Waals surface area contributed by atoms with Crippen LogP contribution in [0, 0.1) is 6.92 Å². The molecule has 0 aliphatic rings. The van der Waals surface area contributed by atoms with Crippen molar-refractivity contribution in [3.05, 3.63) is 28.3 Å². The molecule has 4 nitrogen and oxygen atoms in total. The second kappa shape index (κ2) is 5.72. The summed E-state index contributed by atoms with van der Waals surface area (Å²) in [6, 6.07) is 3.62. The molecular weight excluding hydrogens is 230 g/mol. The number of aliphatic carboxylic acids is 1. The fraction of sp³-hybridized carbons (Fsp3) is 0.364. The molecule has 0 aromatic heterocycles. The van der Waals surface area contributed by atoms with E-state index in [9.17, 15) is 4.79 Å². The van der Waals surface area contributed by atoms with Crippen LogP contribution < -0.4 is 10.1 Å². The number of rotatable bonds is 5. The van der Waals surface area contributed by atoms with E-state index in [0.29, 0.717) is 17.3 Å². The highest BCUT2D eigenvalue weighted by molar-refractivity contribution is 6.31. The Bertz CT molecular complexity index is 393. The van der Waals surface area contributed by atoms with Crippen LogP contribution in [-0.4, -0.2) is 24.7 Å². The summed E-state index contributed by atoms with van der Waals surface area (Å²) in [6.45, 7) is 2.21. The average Bonchev–Trinajstić information content (AvgIpc) is 2.22. The van der Waals surface area contributed by atoms with Gasteiger partial charge in [-0.05, 0) is 24.6 Å². The van der Waals surface area contributed by atoms with Gasteiger partial charge >= 0.3 is 5.97 Å². The highest BCUT2D eigenvalue weighted by Crippen LogP contribution is 2.26. The Kier molecular flexibility index (Phi) is 4.58. The van der Waals surface area contributed by atoms with Gasteiger partial charge in [-0.3, -0.25) is 4.79 Å². The number of methoxy groups -OCH3 is 1. The first-order chi connectivity index (χ1) is 7.54. The lowest BCUT2D eigenvalue weighted by atomic mass is 10.1. The predicted molar refractivity (Wildman–Crippen MR) is 62.1 cm³/mol. The van der Waals surface area contributed by atoms with Crippen molar-refractivity contribution >= 4 is 17.6 Å². The van der Waals surface area contributed by atoms with Crippen LogP contribution in [-0.2, 0) is 11.3 Å². The first kappa shape index (κ1) is 12.8. The molecule has 0 spiro atoms. The smallest absolute Gasteiger partial charge is 0.317 e. The van der Waals surface area contributed by atoms with Crippen LogP contribution in [0.3, 0.4) is 0 Å². The lowest BCUT2D eigenvalue weighted by Gasteiger charge is -2.11. The van der Waals surface area contributed by atoms with E-state index < -0.39 is 5.97 Å². The molecule has 88 valence electrons. The monoisotopic (exact) mass is 243 g/mol. The molecule has 0 aliphatic carbocycles. The van der Waals surface area contributed by atoms with E-state index in [1.54, 1.807) is 13.2 Å². The molecule has 1 rings (SSSR count). The van der Waals surface area contributed by atoms with E-state index in [1.165, 1.54) is 0 Å². The third kappa shape index (κ3) is 3.40. The summed E-state index contributed by atoms with van der Waals surface area (Å²) in [6.07, 6.45) is 0. The summed E-state index contributed by atoms with van der Waals surface area (Å²) in [4.78, 5) is 10.3. The van der Waals surface area contributed by atoms with Gasteiger partial charge in [-0.15, -0.1) is 0 Å². The molecule has 2 N–H and O–H groups in total. The molecule has 0 bridgehead atoms. The third-order valence-electron chi connectivity index (χ3n) is 2.15. The van der Waals surface area contributed by atoms with Crippen molar-refractivity contribution in [2.75, 3.05) is 13.7 Å². The number of carbonyl (C=O) groups is 1. The number of carboxylic acids is 1. The highest BCUT2D eigenvalue weighted by Gasteiger charge is 2.07. The van der Waals surface area contributed by atoms with Gasteiger partial charge in [0.25, 0.3) is 0 Å². The van der Waals surface area contributed by atoms with Gasteiger partial charge in [-0.2, -0.15) is 0 Å². The van der Waals surface area contributed by atoms with Gasteiger partial charge in [0, 0.05) is 17.1 Å². The number of hydrogen-bond donors (Lipinski definition) is 2. The number of nitrogens with one attached hydrogen (secondary N) is 1. The van der Waals surface area contributed by atoms with Crippen LogP contribution in [0.15, 0.2) is 12.1 Å². The Morgan fingerprint density at radius 1 is 1.56 bits per heavy atom. The van der Waals surface area contributed by atoms with Crippen LogP contribution in [0.1, 0.15) is 11.1 Å². The van der Waals surface area contributed by atoms with Gasteiger partial charge in [-0.1, -0.05) is 11.6 Å². The molecule has 0 radical (unpaired) electrons. The van der Waals surface area contributed by atoms with Gasteiger partial charge < -0.3 is 15.2 Å². The number of hydrogen-bond acceptors (Lipinski definition) is 3. The van der Waals surface area contributed by atoms with Gasteiger partial charge in [-0.25, -0.2) is 0 Å². The zero-order valence-electron chi connectivity index (χ0n) is 9.21. The van der Waals surface area contributed by atoms with Crippen molar-refractivity contribution in [1.82, 2.24) is 5.32 Å². The van der Waals surface area contributed by atoms with E-state index in [4.69, 9.17) is 21.4 Å². The molecule has 0 atom stereocenters. The van der Waals surface area contributed by atoms with Gasteiger partial charge in [0.1, 0.15) is 5.75 Å². The third-order valence-corrected chi connectivity index (χ3v) is 2.56. The molecule has 0 saturated carbocycles. The normalized spacial score (nSPS) is 10.2. The molecule has 0 unspecified atom stereocenters. The molecule has 1 aromatic carbocycles. The van der Waals surface area contributed by atoms with Crippen molar-refractivity contribution < 1.29 is 14.6 Å². The summed E-state index contributed by atoms with van der Waals surface area (Å²) in [5.41, 5.74) is 1.78. The average molecular weight is 244 g/mol. The second-order valence-corrected chi connectivity index (χ2v) is 3.82. The number of aryl methyl sites for hydroxylation is 1. The van der Waals surface area contributed by atoms with Crippen LogP contribution in [0.4, 0.5) is 0 Å². The maximum absolute atomic E-state index is 10.3. The molecule has 0 amide bonds. The minimum Gasteiger partial charge on any atom is -0.496 e. The minimum absolute atomic E-state index is 0.0886. The lowest BCUT2D eigenvalue weighted by molar-refractivity contribution is -0.135. The molecule has 16 heavy (non-hydrogen) atoms. The highest BCUT2D eigenvalue weighted by atomic mass is 35.5. The standard InChI is InChI=1S/C11H14ClNO3/c1-7-3-10(16-2)8(4-9(7)12)5-13-6-11(14)15/h3-4,13H,5-6H2,1-2H3,(H,14,15). The Hall–Kier alpha value is -1.26. The molecule has 0 fully saturated rings. The second-order valence-electron chi connectivity index (χ2n) is 3.41. The number of halogens is 1. The zero-order valence-corrected chi connectivity index (χ0v) is 9.97. The zero-order chi connectivity index (χ0) is 12.1. The molecule has 0 heterocycles. The Balaban J connectivity index is 2.77. The Morgan fingerprint density at radius 3 is 2.81 bits per heavy atom. The van der Waals surface area contributed by atoms with E-state index >= 15 is 0 Å². The van der Waals surface area contributed by atoms with Crippen LogP contribution in [0.2, 0.25) is 5.02 Å². The Labute approximate surface area is 99.2 Å². The summed E-state index contributed by atoms with van der Waals surface area (Å²) >= 11 is 5.98. The molecule has 1 aromatic rings. The van der Waals surface area contributed by atoms with Crippen LogP contribution >= 0.6 is 11.6 Å². The van der Waals surface area contributed by atoms with E-state index in [0.717, 1.165) is 11.1 Å². The van der Waals surface area contributed by atoms with Crippen molar-refractivity contribution in [2.24, 2.45) is 0 Å². The number of benzene rings is 1. The summed E-state index contributed by atoms with van der Waals surface area (Å²) < 4.78 is 5.19. The quantitative estimate of drug-likeness (QED) is 0.829. The van der Waals surface area contributed by atoms with Crippen LogP contribution in [0.5, 0.6) is 5.75 Å². The predicted octanol–water partition coefficient (Wildman–Crippen LogP) is 1.83. The van der Waals surface area contributed by atoms with Crippen molar-refractivity contribution in [3.63, 3.8) is 0 Å². The summed E-state index contributed by atoms with van der Waals surface area (Å²) in [5.74, 6) is -0.183. The van der Waals surface area contributed by atoms with Crippen LogP contribution in [0.25, 0.3) is 0 Å². The first-order valence-electron chi connectivity index (χ1n) is 4.80. The lowest BCUT2D eigenvalue weighted by Crippen LogP contribution is -2.22. The fourth-order valence-corrected chi connectivity index (χ4v) is 1.51. The number of carboxylic acid groups (broad SMARTS) is 1. The van der Waals surface area contributed by atoms with E-state index in [2.05, 4.69) is 5.32 Å². The van der Waals surface area contributed by atoms with Gasteiger partial charge in [0.2, 0.25) is 0 Å². The molecule has 0 saturated heterocycles. The summed E-state index contributed by atoms with van der Waals surface area (Å²) in [5, 5.41) is 11.9. The number of ether oxygens (including phenoxy) is 1. The van der Waals surface area contributed by atoms with Gasteiger partial charge in [0.05, 0.1) is 13.7 Å². The topological polar surface area (TPSA) is 58.6 Å². The molecule has 5 heteroatoms. The van der Waals surface area contributed by atoms with Crippen molar-refractivity contribution in [2.45, 2.75) is 13.5 Å². The molecular formula is C11H14ClNO3. The van der Waals surface area contributed by atoms with E-state index in [1.807, 2.05) is 13.0 Å². The molecule has 0 aliphatic heterocycles. The maximum atomic E-state index is 10.3. The largest absolute Gasteiger partial charge is 0.496 e. The minimum atomic E-state index is -0.892. The first-order valence-corrected chi connectivity index (χ1v) is 5.18. The Morgan fingerprint density at radius 2 is 2.25 bits per heavy atom. The van der Waals surface area contributed by atoms with Crippen molar-refractivity contribution in [3.8, 4) is 5.75 Å².